The van der Waals surface area contributed by atoms with Crippen LogP contribution in [0.1, 0.15) is 42.6 Å². The number of hydrogen-bond donors (Lipinski definition) is 2. The van der Waals surface area contributed by atoms with Crippen LogP contribution in [-0.2, 0) is 11.3 Å². The quantitative estimate of drug-likeness (QED) is 0.874. The average Bonchev–Trinajstić information content (AvgIpc) is 3.11. The van der Waals surface area contributed by atoms with Crippen LogP contribution in [0, 0.1) is 17.2 Å². The third-order valence-electron chi connectivity index (χ3n) is 4.65. The highest BCUT2D eigenvalue weighted by Crippen LogP contribution is 2.17. The lowest BCUT2D eigenvalue weighted by Crippen LogP contribution is -2.41. The Bertz CT molecular complexity index is 753. The lowest BCUT2D eigenvalue weighted by Gasteiger charge is -2.24. The van der Waals surface area contributed by atoms with E-state index in [4.69, 9.17) is 5.26 Å². The second kappa shape index (κ2) is 7.95. The number of aromatic nitrogens is 2. The highest BCUT2D eigenvalue weighted by Gasteiger charge is 2.23. The minimum Gasteiger partial charge on any atom is -0.348 e. The fourth-order valence-electron chi connectivity index (χ4n) is 3.19. The lowest BCUT2D eigenvalue weighted by molar-refractivity contribution is -0.126. The number of amides is 1. The Labute approximate surface area is 147 Å². The smallest absolute Gasteiger partial charge is 0.224 e. The molecule has 0 radical (unpaired) electrons. The maximum Gasteiger partial charge on any atom is 0.224 e. The number of benzene rings is 1. The zero-order valence-corrected chi connectivity index (χ0v) is 14.4. The largest absolute Gasteiger partial charge is 0.348 e. The molecule has 1 aromatic carbocycles. The SMILES string of the molecule is C[C@H](NC(=O)C1CCCNC1)c1cncn1Cc1ccc(C#N)cc1. The summed E-state index contributed by atoms with van der Waals surface area (Å²) in [5.41, 5.74) is 2.71. The van der Waals surface area contributed by atoms with Crippen molar-refractivity contribution in [3.63, 3.8) is 0 Å². The molecule has 1 unspecified atom stereocenters. The minimum atomic E-state index is -0.102. The summed E-state index contributed by atoms with van der Waals surface area (Å²) in [6.07, 6.45) is 5.56. The van der Waals surface area contributed by atoms with Gasteiger partial charge in [-0.15, -0.1) is 0 Å². The van der Waals surface area contributed by atoms with Crippen molar-refractivity contribution in [2.75, 3.05) is 13.1 Å². The zero-order valence-electron chi connectivity index (χ0n) is 14.4. The Hall–Kier alpha value is -2.65. The molecule has 1 aromatic heterocycles. The predicted octanol–water partition coefficient (Wildman–Crippen LogP) is 1.98. The van der Waals surface area contributed by atoms with Crippen LogP contribution in [0.25, 0.3) is 0 Å². The van der Waals surface area contributed by atoms with Crippen molar-refractivity contribution in [3.8, 4) is 6.07 Å². The molecule has 130 valence electrons. The summed E-state index contributed by atoms with van der Waals surface area (Å²) in [7, 11) is 0. The van der Waals surface area contributed by atoms with E-state index in [1.807, 2.05) is 35.8 Å². The second-order valence-electron chi connectivity index (χ2n) is 6.53. The lowest BCUT2D eigenvalue weighted by atomic mass is 9.98. The standard InChI is InChI=1S/C19H23N5O/c1-14(23-19(25)17-3-2-8-21-10-17)18-11-22-13-24(18)12-16-6-4-15(9-20)5-7-16/h4-7,11,13-14,17,21H,2-3,8,10,12H2,1H3,(H,23,25)/t14-,17?/m0/s1. The van der Waals surface area contributed by atoms with Crippen LogP contribution >= 0.6 is 0 Å². The number of nitrogens with one attached hydrogen (secondary N) is 2. The molecule has 6 heteroatoms. The molecule has 0 bridgehead atoms. The second-order valence-corrected chi connectivity index (χ2v) is 6.53. The predicted molar refractivity (Wildman–Crippen MR) is 94.6 cm³/mol. The van der Waals surface area contributed by atoms with Crippen molar-refractivity contribution < 1.29 is 4.79 Å². The first-order valence-electron chi connectivity index (χ1n) is 8.67. The Morgan fingerprint density at radius 3 is 2.96 bits per heavy atom. The van der Waals surface area contributed by atoms with Crippen LogP contribution in [0.5, 0.6) is 0 Å². The van der Waals surface area contributed by atoms with E-state index in [-0.39, 0.29) is 17.9 Å². The summed E-state index contributed by atoms with van der Waals surface area (Å²) < 4.78 is 2.03. The number of nitrogens with zero attached hydrogens (tertiary/aromatic N) is 3. The molecule has 0 aliphatic carbocycles. The minimum absolute atomic E-state index is 0.0473. The first-order chi connectivity index (χ1) is 12.2. The molecule has 1 aliphatic heterocycles. The summed E-state index contributed by atoms with van der Waals surface area (Å²) in [5, 5.41) is 15.3. The van der Waals surface area contributed by atoms with Crippen molar-refractivity contribution in [3.05, 3.63) is 53.6 Å². The van der Waals surface area contributed by atoms with E-state index < -0.39 is 0 Å². The third kappa shape index (κ3) is 4.25. The molecule has 3 rings (SSSR count). The third-order valence-corrected chi connectivity index (χ3v) is 4.65. The Morgan fingerprint density at radius 2 is 2.28 bits per heavy atom. The number of nitriles is 1. The number of hydrogen-bond acceptors (Lipinski definition) is 4. The topological polar surface area (TPSA) is 82.7 Å². The van der Waals surface area contributed by atoms with E-state index in [9.17, 15) is 4.79 Å². The number of carbonyl (C=O) groups is 1. The van der Waals surface area contributed by atoms with Crippen molar-refractivity contribution in [2.45, 2.75) is 32.4 Å². The van der Waals surface area contributed by atoms with Crippen LogP contribution in [-0.4, -0.2) is 28.5 Å². The summed E-state index contributed by atoms with van der Waals surface area (Å²) in [6.45, 7) is 4.40. The average molecular weight is 337 g/mol. The molecule has 2 N–H and O–H groups in total. The summed E-state index contributed by atoms with van der Waals surface area (Å²) in [5.74, 6) is 0.150. The Balaban J connectivity index is 1.65. The van der Waals surface area contributed by atoms with Gasteiger partial charge < -0.3 is 15.2 Å². The normalized spacial score (nSPS) is 18.3. The number of rotatable bonds is 5. The fraction of sp³-hybridized carbons (Fsp3) is 0.421. The van der Waals surface area contributed by atoms with Gasteiger partial charge in [0.1, 0.15) is 0 Å². The Morgan fingerprint density at radius 1 is 1.48 bits per heavy atom. The summed E-state index contributed by atoms with van der Waals surface area (Å²) in [4.78, 5) is 16.7. The molecule has 0 spiro atoms. The van der Waals surface area contributed by atoms with Gasteiger partial charge in [-0.25, -0.2) is 4.98 Å². The van der Waals surface area contributed by atoms with E-state index in [1.54, 1.807) is 12.5 Å². The first-order valence-corrected chi connectivity index (χ1v) is 8.67. The highest BCUT2D eigenvalue weighted by molar-refractivity contribution is 5.79. The van der Waals surface area contributed by atoms with Crippen LogP contribution in [0.15, 0.2) is 36.8 Å². The molecule has 2 atom stereocenters. The highest BCUT2D eigenvalue weighted by atomic mass is 16.2. The van der Waals surface area contributed by atoms with Gasteiger partial charge in [0.05, 0.1) is 41.8 Å². The van der Waals surface area contributed by atoms with E-state index in [0.717, 1.165) is 37.2 Å². The molecule has 6 nitrogen and oxygen atoms in total. The van der Waals surface area contributed by atoms with E-state index >= 15 is 0 Å². The van der Waals surface area contributed by atoms with Gasteiger partial charge >= 0.3 is 0 Å². The van der Waals surface area contributed by atoms with Gasteiger partial charge in [-0.3, -0.25) is 4.79 Å². The molecule has 2 heterocycles. The fourth-order valence-corrected chi connectivity index (χ4v) is 3.19. The van der Waals surface area contributed by atoms with Crippen LogP contribution in [0.3, 0.4) is 0 Å². The molecule has 1 aliphatic rings. The first kappa shape index (κ1) is 17.2. The van der Waals surface area contributed by atoms with Gasteiger partial charge in [0, 0.05) is 13.1 Å². The van der Waals surface area contributed by atoms with E-state index in [2.05, 4.69) is 21.7 Å². The van der Waals surface area contributed by atoms with Crippen LogP contribution < -0.4 is 10.6 Å². The van der Waals surface area contributed by atoms with Gasteiger partial charge in [-0.05, 0) is 44.0 Å². The number of carbonyl (C=O) groups excluding carboxylic acids is 1. The maximum absolute atomic E-state index is 12.4. The van der Waals surface area contributed by atoms with Gasteiger partial charge in [0.15, 0.2) is 0 Å². The van der Waals surface area contributed by atoms with Gasteiger partial charge in [0.2, 0.25) is 5.91 Å². The van der Waals surface area contributed by atoms with Gasteiger partial charge in [0.25, 0.3) is 0 Å². The van der Waals surface area contributed by atoms with Crippen LogP contribution in [0.4, 0.5) is 0 Å². The summed E-state index contributed by atoms with van der Waals surface area (Å²) >= 11 is 0. The van der Waals surface area contributed by atoms with Gasteiger partial charge in [-0.1, -0.05) is 12.1 Å². The Kier molecular flexibility index (Phi) is 5.46. The number of piperidine rings is 1. The van der Waals surface area contributed by atoms with Crippen molar-refractivity contribution in [2.24, 2.45) is 5.92 Å². The summed E-state index contributed by atoms with van der Waals surface area (Å²) in [6, 6.07) is 9.53. The molecule has 0 saturated carbocycles. The molecule has 1 fully saturated rings. The number of imidazole rings is 1. The van der Waals surface area contributed by atoms with Crippen molar-refractivity contribution >= 4 is 5.91 Å². The van der Waals surface area contributed by atoms with E-state index in [1.165, 1.54) is 0 Å². The monoisotopic (exact) mass is 337 g/mol. The van der Waals surface area contributed by atoms with E-state index in [0.29, 0.717) is 12.1 Å². The van der Waals surface area contributed by atoms with Crippen molar-refractivity contribution in [1.82, 2.24) is 20.2 Å². The molecule has 2 aromatic rings. The molecule has 1 saturated heterocycles. The van der Waals surface area contributed by atoms with Gasteiger partial charge in [-0.2, -0.15) is 5.26 Å². The molecular formula is C19H23N5O. The van der Waals surface area contributed by atoms with Crippen molar-refractivity contribution in [1.29, 1.82) is 5.26 Å². The zero-order chi connectivity index (χ0) is 17.6. The van der Waals surface area contributed by atoms with Crippen LogP contribution in [0.2, 0.25) is 0 Å². The molecule has 25 heavy (non-hydrogen) atoms. The maximum atomic E-state index is 12.4. The molecule has 1 amide bonds. The molecular weight excluding hydrogens is 314 g/mol.